The summed E-state index contributed by atoms with van der Waals surface area (Å²) in [6.07, 6.45) is 11.0. The fraction of sp³-hybridized carbons (Fsp3) is 0.613. The fourth-order valence-electron chi connectivity index (χ4n) is 8.03. The van der Waals surface area contributed by atoms with Crippen molar-refractivity contribution in [1.82, 2.24) is 15.1 Å². The number of carbonyl (C=O) groups excluding carboxylic acids is 1. The number of ether oxygens (including phenoxy) is 1. The van der Waals surface area contributed by atoms with Gasteiger partial charge < -0.3 is 18.6 Å². The highest BCUT2D eigenvalue weighted by molar-refractivity contribution is 6.00. The Kier molecular flexibility index (Phi) is 5.23. The van der Waals surface area contributed by atoms with Crippen LogP contribution in [-0.2, 0) is 21.6 Å². The van der Waals surface area contributed by atoms with Crippen molar-refractivity contribution in [3.8, 4) is 11.5 Å². The molecule has 3 aromatic rings. The normalized spacial score (nSPS) is 33.9. The quantitative estimate of drug-likeness (QED) is 0.312. The number of aromatic nitrogens is 3. The monoisotopic (exact) mass is 546 g/mol. The van der Waals surface area contributed by atoms with Crippen LogP contribution in [0.3, 0.4) is 0 Å². The SMILES string of the molecule is COCc1coc(-c2cccc(N(CC34CCC(c5nc(C6CC6)no5)(CC3)CC4)C(=O)C34CC(F)(C3)C4)c2)n1. The Hall–Kier alpha value is -3.07. The van der Waals surface area contributed by atoms with Crippen molar-refractivity contribution in [3.63, 3.8) is 0 Å². The van der Waals surface area contributed by atoms with Crippen LogP contribution in [-0.4, -0.2) is 40.4 Å². The molecule has 4 bridgehead atoms. The Labute approximate surface area is 232 Å². The number of halogens is 1. The summed E-state index contributed by atoms with van der Waals surface area (Å²) in [5.74, 6) is 2.76. The third-order valence-electron chi connectivity index (χ3n) is 10.6. The van der Waals surface area contributed by atoms with E-state index in [1.165, 1.54) is 0 Å². The van der Waals surface area contributed by atoms with Crippen LogP contribution < -0.4 is 4.90 Å². The van der Waals surface area contributed by atoms with E-state index in [2.05, 4.69) is 10.1 Å². The van der Waals surface area contributed by atoms with Gasteiger partial charge in [0.05, 0.1) is 12.0 Å². The zero-order valence-corrected chi connectivity index (χ0v) is 23.0. The van der Waals surface area contributed by atoms with Crippen LogP contribution in [0.25, 0.3) is 11.5 Å². The van der Waals surface area contributed by atoms with Crippen LogP contribution in [0.15, 0.2) is 39.5 Å². The van der Waals surface area contributed by atoms with E-state index in [0.29, 0.717) is 44.2 Å². The molecule has 0 saturated heterocycles. The predicted molar refractivity (Wildman–Crippen MR) is 143 cm³/mol. The standard InChI is InChI=1S/C31H35FN4O4/c1-38-14-22-15-39-25(33-22)21-3-2-4-23(13-21)36(27(37)30-16-31(32,17-30)18-30)19-28-7-10-29(11-8-28,12-9-28)26-34-24(35-40-26)20-5-6-20/h2-4,13,15,20H,5-12,14,16-19H2,1H3. The van der Waals surface area contributed by atoms with E-state index < -0.39 is 11.1 Å². The number of amides is 1. The summed E-state index contributed by atoms with van der Waals surface area (Å²) in [5, 5.41) is 4.30. The molecule has 0 unspecified atom stereocenters. The first kappa shape index (κ1) is 24.7. The maximum absolute atomic E-state index is 14.5. The average molecular weight is 547 g/mol. The van der Waals surface area contributed by atoms with Gasteiger partial charge in [0.2, 0.25) is 17.7 Å². The lowest BCUT2D eigenvalue weighted by Gasteiger charge is -2.65. The molecule has 210 valence electrons. The second kappa shape index (κ2) is 8.47. The topological polar surface area (TPSA) is 94.5 Å². The minimum atomic E-state index is -1.13. The number of rotatable bonds is 9. The molecule has 7 fully saturated rings. The first-order valence-electron chi connectivity index (χ1n) is 14.7. The number of hydrogen-bond acceptors (Lipinski definition) is 7. The minimum absolute atomic E-state index is 0.0261. The number of alkyl halides is 1. The Morgan fingerprint density at radius 2 is 1.85 bits per heavy atom. The van der Waals surface area contributed by atoms with Gasteiger partial charge >= 0.3 is 0 Å². The average Bonchev–Trinajstić information content (AvgIpc) is 3.47. The second-order valence-electron chi connectivity index (χ2n) is 13.5. The molecule has 7 aliphatic carbocycles. The Morgan fingerprint density at radius 1 is 1.10 bits per heavy atom. The van der Waals surface area contributed by atoms with Gasteiger partial charge in [0, 0.05) is 36.2 Å². The lowest BCUT2D eigenvalue weighted by molar-refractivity contribution is -0.211. The molecule has 2 aromatic heterocycles. The first-order chi connectivity index (χ1) is 19.3. The van der Waals surface area contributed by atoms with E-state index in [9.17, 15) is 9.18 Å². The highest BCUT2D eigenvalue weighted by atomic mass is 19.1. The molecule has 1 aromatic carbocycles. The number of benzene rings is 1. The van der Waals surface area contributed by atoms with Crippen LogP contribution in [0.4, 0.5) is 10.1 Å². The highest BCUT2D eigenvalue weighted by Gasteiger charge is 2.73. The van der Waals surface area contributed by atoms with Gasteiger partial charge in [-0.3, -0.25) is 4.79 Å². The summed E-state index contributed by atoms with van der Waals surface area (Å²) in [7, 11) is 1.62. The van der Waals surface area contributed by atoms with Gasteiger partial charge in [0.25, 0.3) is 0 Å². The third kappa shape index (κ3) is 3.80. The maximum atomic E-state index is 14.5. The van der Waals surface area contributed by atoms with Crippen molar-refractivity contribution < 1.29 is 22.9 Å². The molecule has 9 heteroatoms. The van der Waals surface area contributed by atoms with Crippen molar-refractivity contribution in [3.05, 3.63) is 47.9 Å². The lowest BCUT2D eigenvalue weighted by Crippen LogP contribution is -2.71. The Bertz CT molecular complexity index is 1430. The van der Waals surface area contributed by atoms with E-state index in [1.54, 1.807) is 13.4 Å². The number of anilines is 1. The maximum Gasteiger partial charge on any atom is 0.233 e. The zero-order valence-electron chi connectivity index (χ0n) is 23.0. The Morgan fingerprint density at radius 3 is 2.52 bits per heavy atom. The molecular weight excluding hydrogens is 511 g/mol. The fourth-order valence-corrected chi connectivity index (χ4v) is 8.03. The van der Waals surface area contributed by atoms with Gasteiger partial charge in [-0.15, -0.1) is 0 Å². The number of methoxy groups -OCH3 is 1. The molecular formula is C31H35FN4O4. The van der Waals surface area contributed by atoms with Crippen molar-refractivity contribution >= 4 is 11.6 Å². The van der Waals surface area contributed by atoms with Crippen molar-refractivity contribution in [2.24, 2.45) is 10.8 Å². The van der Waals surface area contributed by atoms with Gasteiger partial charge in [-0.2, -0.15) is 4.98 Å². The number of nitrogens with zero attached hydrogens (tertiary/aromatic N) is 4. The molecule has 1 amide bonds. The summed E-state index contributed by atoms with van der Waals surface area (Å²) < 4.78 is 31.3. The lowest BCUT2D eigenvalue weighted by atomic mass is 9.41. The van der Waals surface area contributed by atoms with Crippen LogP contribution in [0, 0.1) is 10.8 Å². The predicted octanol–water partition coefficient (Wildman–Crippen LogP) is 6.27. The van der Waals surface area contributed by atoms with Gasteiger partial charge in [0.15, 0.2) is 5.82 Å². The van der Waals surface area contributed by atoms with E-state index >= 15 is 0 Å². The molecule has 7 saturated carbocycles. The smallest absolute Gasteiger partial charge is 0.233 e. The molecule has 0 spiro atoms. The van der Waals surface area contributed by atoms with E-state index in [0.717, 1.165) is 80.0 Å². The molecule has 0 atom stereocenters. The van der Waals surface area contributed by atoms with Gasteiger partial charge in [-0.1, -0.05) is 11.2 Å². The number of hydrogen-bond donors (Lipinski definition) is 0. The number of carbonyl (C=O) groups is 1. The summed E-state index contributed by atoms with van der Waals surface area (Å²) in [6.45, 7) is 1.01. The van der Waals surface area contributed by atoms with Gasteiger partial charge in [0.1, 0.15) is 17.6 Å². The van der Waals surface area contributed by atoms with Crippen molar-refractivity contribution in [2.75, 3.05) is 18.6 Å². The minimum Gasteiger partial charge on any atom is -0.444 e. The molecule has 8 nitrogen and oxygen atoms in total. The van der Waals surface area contributed by atoms with E-state index in [-0.39, 0.29) is 16.7 Å². The summed E-state index contributed by atoms with van der Waals surface area (Å²) in [5.41, 5.74) is 0.671. The van der Waals surface area contributed by atoms with Crippen molar-refractivity contribution in [1.29, 1.82) is 0 Å². The number of fused-ring (bicyclic) bond motifs is 3. The van der Waals surface area contributed by atoms with Crippen LogP contribution in [0.5, 0.6) is 0 Å². The summed E-state index contributed by atoms with van der Waals surface area (Å²) >= 11 is 0. The zero-order chi connectivity index (χ0) is 27.2. The molecule has 7 aliphatic rings. The third-order valence-corrected chi connectivity index (χ3v) is 10.6. The van der Waals surface area contributed by atoms with Crippen LogP contribution in [0.1, 0.15) is 94.0 Å². The highest BCUT2D eigenvalue weighted by Crippen LogP contribution is 2.70. The van der Waals surface area contributed by atoms with Gasteiger partial charge in [-0.05, 0) is 94.2 Å². The molecule has 0 aliphatic heterocycles. The van der Waals surface area contributed by atoms with E-state index in [4.69, 9.17) is 18.7 Å². The van der Waals surface area contributed by atoms with Gasteiger partial charge in [-0.25, -0.2) is 9.37 Å². The molecule has 0 N–H and O–H groups in total. The number of oxazole rings is 1. The second-order valence-corrected chi connectivity index (χ2v) is 13.5. The van der Waals surface area contributed by atoms with E-state index in [1.807, 2.05) is 29.2 Å². The Balaban J connectivity index is 1.06. The van der Waals surface area contributed by atoms with Crippen LogP contribution in [0.2, 0.25) is 0 Å². The first-order valence-corrected chi connectivity index (χ1v) is 14.7. The largest absolute Gasteiger partial charge is 0.444 e. The molecule has 0 radical (unpaired) electrons. The molecule has 40 heavy (non-hydrogen) atoms. The summed E-state index contributed by atoms with van der Waals surface area (Å²) in [6, 6.07) is 7.87. The molecule has 2 heterocycles. The molecule has 10 rings (SSSR count). The van der Waals surface area contributed by atoms with Crippen LogP contribution >= 0.6 is 0 Å². The van der Waals surface area contributed by atoms with Crippen molar-refractivity contribution in [2.45, 2.75) is 94.2 Å². The summed E-state index contributed by atoms with van der Waals surface area (Å²) in [4.78, 5) is 25.5.